The fourth-order valence-corrected chi connectivity index (χ4v) is 3.61. The van der Waals surface area contributed by atoms with Crippen LogP contribution in [0.5, 0.6) is 0 Å². The van der Waals surface area contributed by atoms with Crippen LogP contribution in [0.2, 0.25) is 0 Å². The average molecular weight is 303 g/mol. The lowest BCUT2D eigenvalue weighted by Crippen LogP contribution is -2.20. The summed E-state index contributed by atoms with van der Waals surface area (Å²) < 4.78 is 46.3. The zero-order chi connectivity index (χ0) is 14.6. The summed E-state index contributed by atoms with van der Waals surface area (Å²) in [5.41, 5.74) is 5.22. The maximum atomic E-state index is 11.6. The average Bonchev–Trinajstić information content (AvgIpc) is 2.50. The Hall–Kier alpha value is -1.88. The predicted octanol–water partition coefficient (Wildman–Crippen LogP) is -1.67. The number of rotatable bonds is 2. The number of aliphatic imine (C=N–C) groups is 1. The molecule has 2 rings (SSSR count). The van der Waals surface area contributed by atoms with Crippen LogP contribution >= 0.6 is 0 Å². The summed E-state index contributed by atoms with van der Waals surface area (Å²) in [4.78, 5) is 10.9. The zero-order valence-electron chi connectivity index (χ0n) is 9.87. The summed E-state index contributed by atoms with van der Waals surface area (Å²) in [6.07, 6.45) is 1.62. The number of fused-ring (bicyclic) bond motifs is 1. The van der Waals surface area contributed by atoms with E-state index in [1.54, 1.807) is 0 Å². The normalized spacial score (nSPS) is 15.3. The number of aromatic nitrogens is 2. The monoisotopic (exact) mass is 303 g/mol. The van der Waals surface area contributed by atoms with Crippen LogP contribution in [0.3, 0.4) is 0 Å². The molecule has 0 unspecified atom stereocenters. The van der Waals surface area contributed by atoms with Gasteiger partial charge in [0.1, 0.15) is 11.4 Å². The van der Waals surface area contributed by atoms with Crippen LogP contribution in [0.1, 0.15) is 11.4 Å². The summed E-state index contributed by atoms with van der Waals surface area (Å²) in [5, 5.41) is 6.08. The molecule has 9 nitrogen and oxygen atoms in total. The number of sulfone groups is 2. The molecule has 102 valence electrons. The summed E-state index contributed by atoms with van der Waals surface area (Å²) >= 11 is 0. The Morgan fingerprint density at radius 2 is 1.37 bits per heavy atom. The molecular weight excluding hydrogens is 294 g/mol. The highest BCUT2D eigenvalue weighted by molar-refractivity contribution is 7.93. The van der Waals surface area contributed by atoms with E-state index in [2.05, 4.69) is 15.0 Å². The molecule has 11 heteroatoms. The molecule has 19 heavy (non-hydrogen) atoms. The molecule has 0 radical (unpaired) electrons. The van der Waals surface area contributed by atoms with Gasteiger partial charge in [-0.1, -0.05) is 0 Å². The molecule has 0 aliphatic carbocycles. The zero-order valence-corrected chi connectivity index (χ0v) is 11.5. The van der Waals surface area contributed by atoms with E-state index in [1.165, 1.54) is 0 Å². The van der Waals surface area contributed by atoms with Gasteiger partial charge in [0.2, 0.25) is 0 Å². The van der Waals surface area contributed by atoms with Crippen molar-refractivity contribution in [2.45, 2.75) is 10.1 Å². The van der Waals surface area contributed by atoms with Crippen LogP contribution in [-0.4, -0.2) is 51.0 Å². The molecule has 2 heterocycles. The summed E-state index contributed by atoms with van der Waals surface area (Å²) in [5.74, 6) is -0.526. The van der Waals surface area contributed by atoms with Crippen LogP contribution < -0.4 is 5.73 Å². The summed E-state index contributed by atoms with van der Waals surface area (Å²) in [6, 6.07) is 0. The second kappa shape index (κ2) is 3.81. The van der Waals surface area contributed by atoms with Gasteiger partial charge in [-0.2, -0.15) is 0 Å². The molecule has 1 aromatic rings. The van der Waals surface area contributed by atoms with Crippen molar-refractivity contribution in [3.05, 3.63) is 11.4 Å². The standard InChI is InChI=1S/C8H9N5O4S2/c1-18(14,15)7-8(19(2,16)17)12-4-3(11-7)5(9)13-6(4)10/h1-2H3,(H3,9,10,13). The fourth-order valence-electron chi connectivity index (χ4n) is 1.46. The van der Waals surface area contributed by atoms with Gasteiger partial charge in [-0.15, -0.1) is 0 Å². The van der Waals surface area contributed by atoms with E-state index in [1.807, 2.05) is 0 Å². The minimum Gasteiger partial charge on any atom is -0.382 e. The van der Waals surface area contributed by atoms with Crippen LogP contribution in [-0.2, 0) is 19.7 Å². The third-order valence-corrected chi connectivity index (χ3v) is 4.34. The van der Waals surface area contributed by atoms with E-state index < -0.39 is 29.7 Å². The molecule has 1 aliphatic heterocycles. The first kappa shape index (κ1) is 13.5. The fraction of sp³-hybridized carbons (Fsp3) is 0.250. The molecule has 0 amide bonds. The first-order chi connectivity index (χ1) is 8.51. The molecule has 1 aromatic heterocycles. The quantitative estimate of drug-likeness (QED) is 0.661. The second-order valence-electron chi connectivity index (χ2n) is 3.92. The molecule has 1 aliphatic rings. The topological polar surface area (TPSA) is 156 Å². The number of nitrogens with two attached hydrogens (primary N) is 1. The Morgan fingerprint density at radius 3 is 1.79 bits per heavy atom. The molecule has 0 atom stereocenters. The number of amidine groups is 2. The molecule has 0 saturated carbocycles. The van der Waals surface area contributed by atoms with Gasteiger partial charge in [0, 0.05) is 12.5 Å². The molecule has 3 N–H and O–H groups in total. The number of nitrogens with zero attached hydrogens (tertiary/aromatic N) is 3. The van der Waals surface area contributed by atoms with E-state index in [9.17, 15) is 16.8 Å². The van der Waals surface area contributed by atoms with Crippen molar-refractivity contribution >= 4 is 31.3 Å². The van der Waals surface area contributed by atoms with Gasteiger partial charge < -0.3 is 5.73 Å². The molecule has 0 fully saturated rings. The molecular formula is C8H9N5O4S2. The van der Waals surface area contributed by atoms with Crippen molar-refractivity contribution in [2.24, 2.45) is 10.7 Å². The van der Waals surface area contributed by atoms with Crippen molar-refractivity contribution in [1.29, 1.82) is 5.41 Å². The Balaban J connectivity index is 2.93. The SMILES string of the molecule is CS(=O)(=O)c1nc2c(nc1S(C)(=O)=O)C(N)=NC2=N. The number of nitrogens with one attached hydrogen (secondary N) is 1. The predicted molar refractivity (Wildman–Crippen MR) is 65.8 cm³/mol. The summed E-state index contributed by atoms with van der Waals surface area (Å²) in [7, 11) is -7.83. The first-order valence-electron chi connectivity index (χ1n) is 4.77. The van der Waals surface area contributed by atoms with E-state index in [0.717, 1.165) is 12.5 Å². The smallest absolute Gasteiger partial charge is 0.195 e. The van der Waals surface area contributed by atoms with Gasteiger partial charge in [0.25, 0.3) is 0 Å². The van der Waals surface area contributed by atoms with E-state index >= 15 is 0 Å². The lowest BCUT2D eigenvalue weighted by molar-refractivity contribution is 0.577. The lowest BCUT2D eigenvalue weighted by atomic mass is 10.3. The molecule has 0 spiro atoms. The van der Waals surface area contributed by atoms with Gasteiger partial charge in [-0.25, -0.2) is 31.8 Å². The molecule has 0 aromatic carbocycles. The van der Waals surface area contributed by atoms with Gasteiger partial charge >= 0.3 is 0 Å². The van der Waals surface area contributed by atoms with E-state index in [4.69, 9.17) is 11.1 Å². The van der Waals surface area contributed by atoms with Crippen LogP contribution in [0.15, 0.2) is 15.0 Å². The van der Waals surface area contributed by atoms with Crippen molar-refractivity contribution in [3.63, 3.8) is 0 Å². The maximum Gasteiger partial charge on any atom is 0.195 e. The van der Waals surface area contributed by atoms with Crippen molar-refractivity contribution in [3.8, 4) is 0 Å². The Bertz CT molecular complexity index is 838. The highest BCUT2D eigenvalue weighted by Crippen LogP contribution is 2.22. The van der Waals surface area contributed by atoms with Crippen LogP contribution in [0.4, 0.5) is 0 Å². The Labute approximate surface area is 108 Å². The van der Waals surface area contributed by atoms with Gasteiger partial charge in [0.05, 0.1) is 0 Å². The first-order valence-corrected chi connectivity index (χ1v) is 8.55. The summed E-state index contributed by atoms with van der Waals surface area (Å²) in [6.45, 7) is 0. The van der Waals surface area contributed by atoms with Crippen LogP contribution in [0.25, 0.3) is 0 Å². The van der Waals surface area contributed by atoms with Crippen LogP contribution in [0, 0.1) is 5.41 Å². The molecule has 0 bridgehead atoms. The minimum atomic E-state index is -3.92. The third kappa shape index (κ3) is 2.21. The van der Waals surface area contributed by atoms with E-state index in [0.29, 0.717) is 0 Å². The van der Waals surface area contributed by atoms with E-state index in [-0.39, 0.29) is 23.1 Å². The highest BCUT2D eigenvalue weighted by atomic mass is 32.2. The van der Waals surface area contributed by atoms with Crippen molar-refractivity contribution < 1.29 is 16.8 Å². The number of hydrogen-bond acceptors (Lipinski definition) is 8. The molecule has 0 saturated heterocycles. The third-order valence-electron chi connectivity index (χ3n) is 2.24. The lowest BCUT2D eigenvalue weighted by Gasteiger charge is -2.07. The Morgan fingerprint density at radius 1 is 0.947 bits per heavy atom. The number of hydrogen-bond donors (Lipinski definition) is 2. The van der Waals surface area contributed by atoms with Crippen molar-refractivity contribution in [1.82, 2.24) is 9.97 Å². The van der Waals surface area contributed by atoms with Gasteiger partial charge in [-0.3, -0.25) is 5.41 Å². The minimum absolute atomic E-state index is 0.0992. The van der Waals surface area contributed by atoms with Gasteiger partial charge in [0.15, 0.2) is 41.4 Å². The second-order valence-corrected chi connectivity index (χ2v) is 7.78. The van der Waals surface area contributed by atoms with Gasteiger partial charge in [-0.05, 0) is 0 Å². The largest absolute Gasteiger partial charge is 0.382 e. The van der Waals surface area contributed by atoms with Crippen molar-refractivity contribution in [2.75, 3.05) is 12.5 Å². The highest BCUT2D eigenvalue weighted by Gasteiger charge is 2.31. The maximum absolute atomic E-state index is 11.6. The Kier molecular flexibility index (Phi) is 2.71.